The molecule has 1 aliphatic rings. The zero-order valence-electron chi connectivity index (χ0n) is 35.4. The Morgan fingerprint density at radius 1 is 0.885 bits per heavy atom. The van der Waals surface area contributed by atoms with Crippen molar-refractivity contribution >= 4 is 52.8 Å². The molecule has 6 rings (SSSR count). The number of amides is 4. The lowest BCUT2D eigenvalue weighted by Gasteiger charge is -2.29. The van der Waals surface area contributed by atoms with E-state index in [1.54, 1.807) is 65.5 Å². The van der Waals surface area contributed by atoms with Crippen LogP contribution in [0.5, 0.6) is 5.88 Å². The fraction of sp³-hybridized carbons (Fsp3) is 0.386. The molecule has 1 aliphatic heterocycles. The third-order valence-electron chi connectivity index (χ3n) is 9.40. The summed E-state index contributed by atoms with van der Waals surface area (Å²) >= 11 is 14.3. The van der Waals surface area contributed by atoms with Crippen molar-refractivity contribution in [2.24, 2.45) is 0 Å². The summed E-state index contributed by atoms with van der Waals surface area (Å²) in [5.41, 5.74) is 3.51. The van der Waals surface area contributed by atoms with E-state index in [-0.39, 0.29) is 37.3 Å². The van der Waals surface area contributed by atoms with Gasteiger partial charge in [-0.25, -0.2) is 24.1 Å². The van der Waals surface area contributed by atoms with Gasteiger partial charge in [-0.3, -0.25) is 9.59 Å². The normalized spacial score (nSPS) is 14.6. The summed E-state index contributed by atoms with van der Waals surface area (Å²) in [5.74, 6) is -0.178. The van der Waals surface area contributed by atoms with E-state index in [2.05, 4.69) is 20.9 Å². The summed E-state index contributed by atoms with van der Waals surface area (Å²) < 4.78 is 18.2. The van der Waals surface area contributed by atoms with Gasteiger partial charge in [-0.05, 0) is 79.2 Å². The van der Waals surface area contributed by atoms with Crippen molar-refractivity contribution in [2.75, 3.05) is 20.2 Å². The number of imidazole rings is 1. The molecule has 1 saturated heterocycles. The third kappa shape index (κ3) is 11.3. The van der Waals surface area contributed by atoms with E-state index >= 15 is 0 Å². The SMILES string of the molecule is COc1nc(-c2cccc(-c3cccc(-c4ccc5nc(C(=O)NC[C@H](C)NC(=O)OC(C)(C)C)cn5n4)c3Cl)c2Cl)ccc1CN(C[C@@H]1CCC(=O)N1)C(=O)OC(C)(C)C. The maximum Gasteiger partial charge on any atom is 0.410 e. The lowest BCUT2D eigenvalue weighted by Crippen LogP contribution is -2.43. The molecule has 0 bridgehead atoms. The zero-order valence-corrected chi connectivity index (χ0v) is 36.9. The van der Waals surface area contributed by atoms with Gasteiger partial charge in [-0.15, -0.1) is 0 Å². The first-order valence-corrected chi connectivity index (χ1v) is 20.6. The molecular formula is C44H50Cl2N8O7. The van der Waals surface area contributed by atoms with Crippen LogP contribution >= 0.6 is 23.2 Å². The summed E-state index contributed by atoms with van der Waals surface area (Å²) in [4.78, 5) is 61.1. The Bertz CT molecular complexity index is 2460. The number of nitrogens with zero attached hydrogens (tertiary/aromatic N) is 5. The highest BCUT2D eigenvalue weighted by atomic mass is 35.5. The molecule has 4 heterocycles. The maximum atomic E-state index is 13.3. The minimum absolute atomic E-state index is 0.0470. The van der Waals surface area contributed by atoms with Gasteiger partial charge in [0.2, 0.25) is 11.8 Å². The first-order chi connectivity index (χ1) is 28.8. The standard InChI is InChI=1S/C44H50Cl2N8O7/c1-25(48-41(57)60-43(2,3)4)21-47-39(56)34-24-54-35(50-34)19-18-33(52-54)31-14-10-12-29(38(31)46)28-11-9-13-30(37(28)45)32-17-15-26(40(51-32)59-8)22-53(42(58)61-44(5,6)7)23-27-16-20-36(55)49-27/h9-15,17-19,24-25,27H,16,20-23H2,1-8H3,(H,47,56)(H,48,57)(H,49,55)/t25-,27-/m0/s1. The van der Waals surface area contributed by atoms with E-state index < -0.39 is 35.3 Å². The van der Waals surface area contributed by atoms with E-state index in [4.69, 9.17) is 47.5 Å². The van der Waals surface area contributed by atoms with E-state index in [0.717, 1.165) is 0 Å². The quantitative estimate of drug-likeness (QED) is 0.111. The monoisotopic (exact) mass is 872 g/mol. The summed E-state index contributed by atoms with van der Waals surface area (Å²) in [6, 6.07) is 17.7. The Labute approximate surface area is 364 Å². The number of pyridine rings is 1. The number of carbonyl (C=O) groups is 4. The van der Waals surface area contributed by atoms with Crippen molar-refractivity contribution in [3.63, 3.8) is 0 Å². The largest absolute Gasteiger partial charge is 0.481 e. The number of carbonyl (C=O) groups excluding carboxylic acids is 4. The number of fused-ring (bicyclic) bond motifs is 1. The van der Waals surface area contributed by atoms with Crippen LogP contribution in [0.25, 0.3) is 39.3 Å². The summed E-state index contributed by atoms with van der Waals surface area (Å²) in [6.07, 6.45) is 1.46. The van der Waals surface area contributed by atoms with Crippen LogP contribution in [0, 0.1) is 0 Å². The number of rotatable bonds is 12. The number of benzene rings is 2. The third-order valence-corrected chi connectivity index (χ3v) is 10.2. The Balaban J connectivity index is 1.21. The van der Waals surface area contributed by atoms with E-state index in [9.17, 15) is 19.2 Å². The van der Waals surface area contributed by atoms with Crippen LogP contribution in [0.15, 0.2) is 66.9 Å². The van der Waals surface area contributed by atoms with Crippen LogP contribution in [-0.4, -0.2) is 92.0 Å². The highest BCUT2D eigenvalue weighted by Gasteiger charge is 2.30. The molecule has 3 aromatic heterocycles. The topological polar surface area (TPSA) is 178 Å². The first kappa shape index (κ1) is 44.6. The van der Waals surface area contributed by atoms with Gasteiger partial charge in [0.25, 0.3) is 5.91 Å². The molecule has 0 aliphatic carbocycles. The zero-order chi connectivity index (χ0) is 44.2. The van der Waals surface area contributed by atoms with E-state index in [1.165, 1.54) is 17.8 Å². The molecule has 15 nitrogen and oxygen atoms in total. The second-order valence-electron chi connectivity index (χ2n) is 16.8. The Hall–Kier alpha value is -5.93. The number of halogens is 2. The van der Waals surface area contributed by atoms with E-state index in [1.807, 2.05) is 48.5 Å². The molecule has 0 saturated carbocycles. The Morgan fingerprint density at radius 3 is 2.11 bits per heavy atom. The van der Waals surface area contributed by atoms with Crippen molar-refractivity contribution in [1.29, 1.82) is 0 Å². The van der Waals surface area contributed by atoms with Gasteiger partial charge in [0, 0.05) is 59.4 Å². The fourth-order valence-corrected chi connectivity index (χ4v) is 7.29. The maximum absolute atomic E-state index is 13.3. The van der Waals surface area contributed by atoms with Crippen LogP contribution < -0.4 is 20.7 Å². The van der Waals surface area contributed by atoms with Crippen molar-refractivity contribution in [3.05, 3.63) is 88.2 Å². The second kappa shape index (κ2) is 18.4. The van der Waals surface area contributed by atoms with Crippen molar-refractivity contribution in [2.45, 2.75) is 91.1 Å². The minimum atomic E-state index is -0.718. The van der Waals surface area contributed by atoms with Gasteiger partial charge in [0.1, 0.15) is 16.9 Å². The molecule has 5 aromatic rings. The molecule has 61 heavy (non-hydrogen) atoms. The average molecular weight is 874 g/mol. The molecule has 1 fully saturated rings. The van der Waals surface area contributed by atoms with Gasteiger partial charge >= 0.3 is 12.2 Å². The van der Waals surface area contributed by atoms with Gasteiger partial charge in [0.15, 0.2) is 5.65 Å². The molecule has 0 radical (unpaired) electrons. The lowest BCUT2D eigenvalue weighted by molar-refractivity contribution is -0.119. The van der Waals surface area contributed by atoms with Crippen molar-refractivity contribution in [3.8, 4) is 39.5 Å². The van der Waals surface area contributed by atoms with Crippen LogP contribution in [0.3, 0.4) is 0 Å². The smallest absolute Gasteiger partial charge is 0.410 e. The molecule has 0 unspecified atom stereocenters. The first-order valence-electron chi connectivity index (χ1n) is 19.8. The van der Waals surface area contributed by atoms with Gasteiger partial charge in [-0.1, -0.05) is 59.6 Å². The van der Waals surface area contributed by atoms with Gasteiger partial charge in [0.05, 0.1) is 41.3 Å². The lowest BCUT2D eigenvalue weighted by atomic mass is 9.98. The van der Waals surface area contributed by atoms with Crippen molar-refractivity contribution < 1.29 is 33.4 Å². The predicted octanol–water partition coefficient (Wildman–Crippen LogP) is 8.10. The number of nitrogens with one attached hydrogen (secondary N) is 3. The average Bonchev–Trinajstić information content (AvgIpc) is 3.81. The summed E-state index contributed by atoms with van der Waals surface area (Å²) in [6.45, 7) is 13.0. The number of ether oxygens (including phenoxy) is 3. The number of methoxy groups -OCH3 is 1. The van der Waals surface area contributed by atoms with Crippen molar-refractivity contribution in [1.82, 2.24) is 40.4 Å². The molecular weight excluding hydrogens is 823 g/mol. The summed E-state index contributed by atoms with van der Waals surface area (Å²) in [7, 11) is 1.51. The molecule has 4 amide bonds. The van der Waals surface area contributed by atoms with Gasteiger partial charge in [-0.2, -0.15) is 5.10 Å². The number of hydrogen-bond acceptors (Lipinski definition) is 10. The van der Waals surface area contributed by atoms with E-state index in [0.29, 0.717) is 73.6 Å². The van der Waals surface area contributed by atoms with Gasteiger partial charge < -0.3 is 35.1 Å². The predicted molar refractivity (Wildman–Crippen MR) is 233 cm³/mol. The Kier molecular flexibility index (Phi) is 13.4. The molecule has 322 valence electrons. The molecule has 3 N–H and O–H groups in total. The molecule has 2 aromatic carbocycles. The molecule has 2 atom stereocenters. The molecule has 17 heteroatoms. The fourth-order valence-electron chi connectivity index (χ4n) is 6.64. The van der Waals surface area contributed by atoms with Crippen LogP contribution in [0.1, 0.15) is 77.4 Å². The summed E-state index contributed by atoms with van der Waals surface area (Å²) in [5, 5.41) is 13.9. The minimum Gasteiger partial charge on any atom is -0.481 e. The Morgan fingerprint density at radius 2 is 1.51 bits per heavy atom. The number of hydrogen-bond donors (Lipinski definition) is 3. The molecule has 0 spiro atoms. The van der Waals surface area contributed by atoms with Crippen LogP contribution in [0.2, 0.25) is 10.0 Å². The number of aromatic nitrogens is 4. The second-order valence-corrected chi connectivity index (χ2v) is 17.5. The van der Waals surface area contributed by atoms with Crippen LogP contribution in [0.4, 0.5) is 9.59 Å². The van der Waals surface area contributed by atoms with Crippen LogP contribution in [-0.2, 0) is 20.8 Å². The number of alkyl carbamates (subject to hydrolysis) is 1. The highest BCUT2D eigenvalue weighted by Crippen LogP contribution is 2.42. The highest BCUT2D eigenvalue weighted by molar-refractivity contribution is 6.39.